The van der Waals surface area contributed by atoms with Crippen molar-refractivity contribution >= 4 is 11.4 Å². The van der Waals surface area contributed by atoms with E-state index >= 15 is 0 Å². The first kappa shape index (κ1) is 15.5. The van der Waals surface area contributed by atoms with E-state index in [1.165, 1.54) is 13.2 Å². The maximum Gasteiger partial charge on any atom is 0.296 e. The maximum atomic E-state index is 11.1. The van der Waals surface area contributed by atoms with Crippen molar-refractivity contribution in [1.82, 2.24) is 5.32 Å². The largest absolute Gasteiger partial charge is 0.496 e. The van der Waals surface area contributed by atoms with E-state index in [2.05, 4.69) is 10.6 Å². The fraction of sp³-hybridized carbons (Fsp3) is 0.571. The molecule has 1 aliphatic rings. The topological polar surface area (TPSA) is 85.7 Å². The van der Waals surface area contributed by atoms with Crippen LogP contribution in [0.3, 0.4) is 0 Å². The number of ether oxygens (including phenoxy) is 2. The van der Waals surface area contributed by atoms with Crippen LogP contribution in [0.1, 0.15) is 13.3 Å². The molecule has 21 heavy (non-hydrogen) atoms. The van der Waals surface area contributed by atoms with Gasteiger partial charge < -0.3 is 20.1 Å². The van der Waals surface area contributed by atoms with Gasteiger partial charge in [-0.05, 0) is 25.5 Å². The van der Waals surface area contributed by atoms with Crippen molar-refractivity contribution in [2.45, 2.75) is 25.4 Å². The molecule has 1 fully saturated rings. The summed E-state index contributed by atoms with van der Waals surface area (Å²) in [5, 5.41) is 17.7. The number of rotatable bonds is 6. The van der Waals surface area contributed by atoms with Crippen LogP contribution in [0.25, 0.3) is 0 Å². The van der Waals surface area contributed by atoms with Crippen LogP contribution in [0, 0.1) is 10.1 Å². The Morgan fingerprint density at radius 2 is 2.43 bits per heavy atom. The maximum absolute atomic E-state index is 11.1. The molecule has 2 unspecified atom stereocenters. The Bertz CT molecular complexity index is 489. The predicted molar refractivity (Wildman–Crippen MR) is 80.0 cm³/mol. The second-order valence-corrected chi connectivity index (χ2v) is 5.15. The van der Waals surface area contributed by atoms with Gasteiger partial charge in [-0.25, -0.2) is 0 Å². The predicted octanol–water partition coefficient (Wildman–Crippen LogP) is 1.78. The minimum absolute atomic E-state index is 0.0223. The third-order valence-corrected chi connectivity index (χ3v) is 3.44. The molecule has 7 heteroatoms. The lowest BCUT2D eigenvalue weighted by Gasteiger charge is -2.27. The Labute approximate surface area is 123 Å². The molecule has 0 bridgehead atoms. The van der Waals surface area contributed by atoms with Crippen LogP contribution in [0.5, 0.6) is 5.75 Å². The number of nitro groups is 1. The van der Waals surface area contributed by atoms with Gasteiger partial charge in [-0.2, -0.15) is 0 Å². The highest BCUT2D eigenvalue weighted by molar-refractivity contribution is 5.64. The van der Waals surface area contributed by atoms with Gasteiger partial charge in [-0.3, -0.25) is 10.1 Å². The van der Waals surface area contributed by atoms with Gasteiger partial charge in [-0.1, -0.05) is 0 Å². The normalized spacial score (nSPS) is 19.8. The molecule has 116 valence electrons. The van der Waals surface area contributed by atoms with Crippen molar-refractivity contribution < 1.29 is 14.4 Å². The standard InChI is InChI=1S/C14H21N3O4/c1-10(7-11-9-21-6-5-15-11)16-13-4-3-12(20-2)8-14(13)17(18)19/h3-4,8,10-11,15-16H,5-7,9H2,1-2H3. The van der Waals surface area contributed by atoms with E-state index in [1.807, 2.05) is 6.92 Å². The first-order chi connectivity index (χ1) is 10.1. The number of morpholine rings is 1. The zero-order valence-electron chi connectivity index (χ0n) is 12.3. The molecule has 1 aromatic carbocycles. The number of nitrogens with one attached hydrogen (secondary N) is 2. The molecule has 0 radical (unpaired) electrons. The molecule has 1 heterocycles. The summed E-state index contributed by atoms with van der Waals surface area (Å²) in [6.07, 6.45) is 0.836. The molecule has 7 nitrogen and oxygen atoms in total. The van der Waals surface area contributed by atoms with Crippen LogP contribution >= 0.6 is 0 Å². The smallest absolute Gasteiger partial charge is 0.296 e. The highest BCUT2D eigenvalue weighted by Gasteiger charge is 2.20. The number of nitrogens with zero attached hydrogens (tertiary/aromatic N) is 1. The van der Waals surface area contributed by atoms with E-state index in [-0.39, 0.29) is 17.8 Å². The lowest BCUT2D eigenvalue weighted by molar-refractivity contribution is -0.384. The molecule has 2 N–H and O–H groups in total. The van der Waals surface area contributed by atoms with Crippen molar-refractivity contribution in [3.05, 3.63) is 28.3 Å². The molecule has 0 spiro atoms. The number of anilines is 1. The summed E-state index contributed by atoms with van der Waals surface area (Å²) < 4.78 is 10.4. The highest BCUT2D eigenvalue weighted by Crippen LogP contribution is 2.29. The molecular weight excluding hydrogens is 274 g/mol. The van der Waals surface area contributed by atoms with Crippen molar-refractivity contribution in [1.29, 1.82) is 0 Å². The fourth-order valence-electron chi connectivity index (χ4n) is 2.43. The first-order valence-corrected chi connectivity index (χ1v) is 7.00. The molecule has 0 aliphatic carbocycles. The van der Waals surface area contributed by atoms with Crippen molar-refractivity contribution in [2.24, 2.45) is 0 Å². The molecule has 0 aromatic heterocycles. The van der Waals surface area contributed by atoms with Gasteiger partial charge in [0, 0.05) is 18.6 Å². The number of methoxy groups -OCH3 is 1. The third kappa shape index (κ3) is 4.30. The van der Waals surface area contributed by atoms with Gasteiger partial charge in [0.2, 0.25) is 0 Å². The summed E-state index contributed by atoms with van der Waals surface area (Å²) in [4.78, 5) is 10.7. The molecule has 1 aliphatic heterocycles. The zero-order valence-corrected chi connectivity index (χ0v) is 12.3. The average molecular weight is 295 g/mol. The van der Waals surface area contributed by atoms with Gasteiger partial charge in [-0.15, -0.1) is 0 Å². The Hall–Kier alpha value is -1.86. The minimum atomic E-state index is -0.403. The Morgan fingerprint density at radius 1 is 1.62 bits per heavy atom. The molecule has 0 amide bonds. The average Bonchev–Trinajstić information content (AvgIpc) is 2.48. The SMILES string of the molecule is COc1ccc(NC(C)CC2COCCN2)c([N+](=O)[O-])c1. The van der Waals surface area contributed by atoms with Gasteiger partial charge in [0.15, 0.2) is 0 Å². The van der Waals surface area contributed by atoms with Crippen molar-refractivity contribution in [2.75, 3.05) is 32.2 Å². The van der Waals surface area contributed by atoms with E-state index < -0.39 is 4.92 Å². The van der Waals surface area contributed by atoms with E-state index in [1.54, 1.807) is 12.1 Å². The fourth-order valence-corrected chi connectivity index (χ4v) is 2.43. The molecule has 2 rings (SSSR count). The summed E-state index contributed by atoms with van der Waals surface area (Å²) in [7, 11) is 1.49. The minimum Gasteiger partial charge on any atom is -0.496 e. The highest BCUT2D eigenvalue weighted by atomic mass is 16.6. The van der Waals surface area contributed by atoms with E-state index in [0.29, 0.717) is 18.0 Å². The second-order valence-electron chi connectivity index (χ2n) is 5.15. The van der Waals surface area contributed by atoms with E-state index in [0.717, 1.165) is 19.6 Å². The van der Waals surface area contributed by atoms with Crippen LogP contribution in [-0.4, -0.2) is 43.9 Å². The van der Waals surface area contributed by atoms with Gasteiger partial charge in [0.25, 0.3) is 5.69 Å². The van der Waals surface area contributed by atoms with Crippen LogP contribution < -0.4 is 15.4 Å². The van der Waals surface area contributed by atoms with Crippen molar-refractivity contribution in [3.8, 4) is 5.75 Å². The van der Waals surface area contributed by atoms with Crippen LogP contribution in [0.2, 0.25) is 0 Å². The molecule has 1 aromatic rings. The summed E-state index contributed by atoms with van der Waals surface area (Å²) >= 11 is 0. The van der Waals surface area contributed by atoms with Crippen molar-refractivity contribution in [3.63, 3.8) is 0 Å². The summed E-state index contributed by atoms with van der Waals surface area (Å²) in [5.41, 5.74) is 0.527. The number of hydrogen-bond acceptors (Lipinski definition) is 6. The second kappa shape index (κ2) is 7.24. The Kier molecular flexibility index (Phi) is 5.35. The molecule has 0 saturated carbocycles. The summed E-state index contributed by atoms with van der Waals surface area (Å²) in [6, 6.07) is 5.19. The van der Waals surface area contributed by atoms with Crippen LogP contribution in [-0.2, 0) is 4.74 Å². The lowest BCUT2D eigenvalue weighted by Crippen LogP contribution is -2.43. The zero-order chi connectivity index (χ0) is 15.2. The monoisotopic (exact) mass is 295 g/mol. The summed E-state index contributed by atoms with van der Waals surface area (Å²) in [6.45, 7) is 4.27. The summed E-state index contributed by atoms with van der Waals surface area (Å²) in [5.74, 6) is 0.474. The lowest BCUT2D eigenvalue weighted by atomic mass is 10.1. The number of benzene rings is 1. The van der Waals surface area contributed by atoms with Gasteiger partial charge in [0.1, 0.15) is 11.4 Å². The van der Waals surface area contributed by atoms with Crippen LogP contribution in [0.4, 0.5) is 11.4 Å². The Balaban J connectivity index is 2.02. The van der Waals surface area contributed by atoms with Gasteiger partial charge >= 0.3 is 0 Å². The quantitative estimate of drug-likeness (QED) is 0.614. The molecule has 1 saturated heterocycles. The van der Waals surface area contributed by atoms with Crippen LogP contribution in [0.15, 0.2) is 18.2 Å². The molecular formula is C14H21N3O4. The number of nitro benzene ring substituents is 1. The molecule has 2 atom stereocenters. The third-order valence-electron chi connectivity index (χ3n) is 3.44. The van der Waals surface area contributed by atoms with Gasteiger partial charge in [0.05, 0.1) is 31.3 Å². The Morgan fingerprint density at radius 3 is 3.05 bits per heavy atom. The van der Waals surface area contributed by atoms with E-state index in [9.17, 15) is 10.1 Å². The van der Waals surface area contributed by atoms with E-state index in [4.69, 9.17) is 9.47 Å². The number of hydrogen-bond donors (Lipinski definition) is 2. The first-order valence-electron chi connectivity index (χ1n) is 7.00.